The van der Waals surface area contributed by atoms with Crippen molar-refractivity contribution >= 4 is 37.7 Å². The van der Waals surface area contributed by atoms with Gasteiger partial charge >= 0.3 is 6.03 Å². The molecule has 0 aromatic carbocycles. The highest BCUT2D eigenvalue weighted by molar-refractivity contribution is 9.10. The van der Waals surface area contributed by atoms with Crippen molar-refractivity contribution in [1.82, 2.24) is 4.90 Å². The molecule has 0 radical (unpaired) electrons. The first-order valence-electron chi connectivity index (χ1n) is 6.43. The van der Waals surface area contributed by atoms with Crippen LogP contribution in [0, 0.1) is 0 Å². The zero-order valence-electron chi connectivity index (χ0n) is 11.5. The number of sulfone groups is 1. The Bertz CT molecular complexity index is 601. The Hall–Kier alpha value is -1.06. The number of nitrogens with one attached hydrogen (secondary N) is 1. The summed E-state index contributed by atoms with van der Waals surface area (Å²) in [6, 6.07) is 2.55. The third-order valence-corrected chi connectivity index (χ3v) is 5.43. The number of hydrogen-bond acceptors (Lipinski definition) is 5. The van der Waals surface area contributed by atoms with Gasteiger partial charge in [-0.05, 0) is 28.4 Å². The number of carbonyl (C=O) groups excluding carboxylic acids is 1. The zero-order chi connectivity index (χ0) is 15.5. The van der Waals surface area contributed by atoms with E-state index in [-0.39, 0.29) is 17.5 Å². The van der Waals surface area contributed by atoms with E-state index in [1.54, 1.807) is 12.1 Å². The molecule has 1 unspecified atom stereocenters. The number of anilines is 1. The highest BCUT2D eigenvalue weighted by atomic mass is 79.9. The molecule has 0 aliphatic carbocycles. The summed E-state index contributed by atoms with van der Waals surface area (Å²) in [6.07, 6.45) is 0.446. The molecule has 1 N–H and O–H groups in total. The van der Waals surface area contributed by atoms with Gasteiger partial charge in [0, 0.05) is 25.8 Å². The summed E-state index contributed by atoms with van der Waals surface area (Å²) in [5.74, 6) is 0.405. The maximum absolute atomic E-state index is 12.3. The Morgan fingerprint density at radius 2 is 2.33 bits per heavy atom. The molecule has 1 aliphatic heterocycles. The molecular formula is C12H17BrN2O5S. The molecule has 21 heavy (non-hydrogen) atoms. The molecule has 7 nitrogen and oxygen atoms in total. The second-order valence-corrected chi connectivity index (χ2v) is 7.79. The predicted molar refractivity (Wildman–Crippen MR) is 81.1 cm³/mol. The standard InChI is InChI=1S/C12H17BrN2O5S/c1-19-6-5-15(9-4-7-21(17,18)8-9)12(16)14-11-3-2-10(13)20-11/h2-3,9H,4-8H2,1H3,(H,14,16). The van der Waals surface area contributed by atoms with Crippen LogP contribution in [0.4, 0.5) is 10.7 Å². The largest absolute Gasteiger partial charge is 0.434 e. The Kier molecular flexibility index (Phi) is 5.28. The number of nitrogens with zero attached hydrogens (tertiary/aromatic N) is 1. The quantitative estimate of drug-likeness (QED) is 0.839. The Balaban J connectivity index is 2.06. The van der Waals surface area contributed by atoms with E-state index in [4.69, 9.17) is 9.15 Å². The van der Waals surface area contributed by atoms with Crippen molar-refractivity contribution in [2.24, 2.45) is 0 Å². The fourth-order valence-corrected chi connectivity index (χ4v) is 4.26. The van der Waals surface area contributed by atoms with Crippen LogP contribution < -0.4 is 5.32 Å². The Morgan fingerprint density at radius 1 is 1.57 bits per heavy atom. The van der Waals surface area contributed by atoms with Crippen LogP contribution in [0.15, 0.2) is 21.2 Å². The normalized spacial score (nSPS) is 20.4. The number of urea groups is 1. The predicted octanol–water partition coefficient (Wildman–Crippen LogP) is 1.71. The van der Waals surface area contributed by atoms with Gasteiger partial charge < -0.3 is 14.1 Å². The van der Waals surface area contributed by atoms with Gasteiger partial charge in [-0.25, -0.2) is 13.2 Å². The van der Waals surface area contributed by atoms with Gasteiger partial charge in [0.1, 0.15) is 0 Å². The van der Waals surface area contributed by atoms with Crippen LogP contribution in [-0.4, -0.2) is 57.2 Å². The van der Waals surface area contributed by atoms with E-state index in [2.05, 4.69) is 21.2 Å². The van der Waals surface area contributed by atoms with E-state index >= 15 is 0 Å². The molecule has 1 aromatic heterocycles. The van der Waals surface area contributed by atoms with Crippen LogP contribution in [0.3, 0.4) is 0 Å². The van der Waals surface area contributed by atoms with Crippen molar-refractivity contribution in [2.75, 3.05) is 37.1 Å². The molecule has 1 aromatic rings. The number of halogens is 1. The van der Waals surface area contributed by atoms with Crippen LogP contribution in [0.2, 0.25) is 0 Å². The first kappa shape index (κ1) is 16.3. The van der Waals surface area contributed by atoms with Crippen LogP contribution in [0.25, 0.3) is 0 Å². The fourth-order valence-electron chi connectivity index (χ4n) is 2.22. The number of carbonyl (C=O) groups is 1. The lowest BCUT2D eigenvalue weighted by molar-refractivity contribution is 0.140. The molecule has 1 fully saturated rings. The lowest BCUT2D eigenvalue weighted by Crippen LogP contribution is -2.45. The average Bonchev–Trinajstić information content (AvgIpc) is 2.96. The Labute approximate surface area is 131 Å². The van der Waals surface area contributed by atoms with Gasteiger partial charge in [0.25, 0.3) is 0 Å². The molecule has 2 amide bonds. The van der Waals surface area contributed by atoms with Gasteiger partial charge in [-0.15, -0.1) is 0 Å². The van der Waals surface area contributed by atoms with E-state index in [9.17, 15) is 13.2 Å². The van der Waals surface area contributed by atoms with Gasteiger partial charge in [-0.2, -0.15) is 0 Å². The first-order valence-corrected chi connectivity index (χ1v) is 9.05. The van der Waals surface area contributed by atoms with Crippen LogP contribution in [0.5, 0.6) is 0 Å². The molecule has 0 saturated carbocycles. The molecule has 2 rings (SSSR count). The smallest absolute Gasteiger partial charge is 0.324 e. The third kappa shape index (κ3) is 4.45. The van der Waals surface area contributed by atoms with Gasteiger partial charge in [0.05, 0.1) is 18.1 Å². The van der Waals surface area contributed by atoms with E-state index < -0.39 is 15.9 Å². The van der Waals surface area contributed by atoms with Crippen LogP contribution in [-0.2, 0) is 14.6 Å². The molecule has 118 valence electrons. The zero-order valence-corrected chi connectivity index (χ0v) is 13.9. The topological polar surface area (TPSA) is 88.8 Å². The third-order valence-electron chi connectivity index (χ3n) is 3.25. The second-order valence-electron chi connectivity index (χ2n) is 4.78. The van der Waals surface area contributed by atoms with Crippen molar-refractivity contribution in [1.29, 1.82) is 0 Å². The molecule has 0 bridgehead atoms. The molecular weight excluding hydrogens is 364 g/mol. The van der Waals surface area contributed by atoms with Crippen LogP contribution >= 0.6 is 15.9 Å². The summed E-state index contributed by atoms with van der Waals surface area (Å²) in [7, 11) is -1.53. The second kappa shape index (κ2) is 6.80. The van der Waals surface area contributed by atoms with E-state index in [1.807, 2.05) is 0 Å². The maximum atomic E-state index is 12.3. The van der Waals surface area contributed by atoms with Crippen molar-refractivity contribution in [3.63, 3.8) is 0 Å². The molecule has 1 atom stereocenters. The number of rotatable bonds is 5. The summed E-state index contributed by atoms with van der Waals surface area (Å²) in [5.41, 5.74) is 0. The van der Waals surface area contributed by atoms with Gasteiger partial charge in [-0.3, -0.25) is 5.32 Å². The van der Waals surface area contributed by atoms with Gasteiger partial charge in [0.15, 0.2) is 14.5 Å². The van der Waals surface area contributed by atoms with Crippen molar-refractivity contribution in [3.8, 4) is 0 Å². The Morgan fingerprint density at radius 3 is 2.86 bits per heavy atom. The molecule has 9 heteroatoms. The summed E-state index contributed by atoms with van der Waals surface area (Å²) in [5, 5.41) is 2.62. The summed E-state index contributed by atoms with van der Waals surface area (Å²) in [6.45, 7) is 0.663. The molecule has 1 aliphatic rings. The minimum atomic E-state index is -3.06. The van der Waals surface area contributed by atoms with E-state index in [0.29, 0.717) is 30.1 Å². The summed E-state index contributed by atoms with van der Waals surface area (Å²) >= 11 is 3.15. The fraction of sp³-hybridized carbons (Fsp3) is 0.583. The molecule has 1 saturated heterocycles. The maximum Gasteiger partial charge on any atom is 0.324 e. The molecule has 0 spiro atoms. The lowest BCUT2D eigenvalue weighted by atomic mass is 10.2. The highest BCUT2D eigenvalue weighted by Crippen LogP contribution is 2.21. The summed E-state index contributed by atoms with van der Waals surface area (Å²) in [4.78, 5) is 13.8. The number of amides is 2. The highest BCUT2D eigenvalue weighted by Gasteiger charge is 2.34. The summed E-state index contributed by atoms with van der Waals surface area (Å²) < 4.78 is 33.9. The first-order chi connectivity index (χ1) is 9.91. The van der Waals surface area contributed by atoms with Crippen molar-refractivity contribution in [3.05, 3.63) is 16.8 Å². The number of methoxy groups -OCH3 is 1. The lowest BCUT2D eigenvalue weighted by Gasteiger charge is -2.27. The van der Waals surface area contributed by atoms with Gasteiger partial charge in [0.2, 0.25) is 5.88 Å². The number of furan rings is 1. The SMILES string of the molecule is COCCN(C(=O)Nc1ccc(Br)o1)C1CCS(=O)(=O)C1. The van der Waals surface area contributed by atoms with Crippen molar-refractivity contribution in [2.45, 2.75) is 12.5 Å². The van der Waals surface area contributed by atoms with Crippen LogP contribution in [0.1, 0.15) is 6.42 Å². The number of ether oxygens (including phenoxy) is 1. The number of hydrogen-bond donors (Lipinski definition) is 1. The monoisotopic (exact) mass is 380 g/mol. The minimum absolute atomic E-state index is 0.00795. The van der Waals surface area contributed by atoms with Crippen molar-refractivity contribution < 1.29 is 22.4 Å². The van der Waals surface area contributed by atoms with Gasteiger partial charge in [-0.1, -0.05) is 0 Å². The average molecular weight is 381 g/mol. The molecule has 2 heterocycles. The van der Waals surface area contributed by atoms with E-state index in [1.165, 1.54) is 12.0 Å². The minimum Gasteiger partial charge on any atom is -0.434 e. The van der Waals surface area contributed by atoms with E-state index in [0.717, 1.165) is 0 Å².